The largest absolute Gasteiger partial charge is 0.370 e. The molecule has 1 saturated heterocycles. The van der Waals surface area contributed by atoms with Crippen LogP contribution in [0.3, 0.4) is 0 Å². The fourth-order valence-electron chi connectivity index (χ4n) is 2.35. The highest BCUT2D eigenvalue weighted by molar-refractivity contribution is 5.78. The maximum atomic E-state index is 5.78. The third-order valence-electron chi connectivity index (χ3n) is 3.34. The highest BCUT2D eigenvalue weighted by atomic mass is 15.2. The molecule has 1 heterocycles. The molecule has 0 bridgehead atoms. The van der Waals surface area contributed by atoms with Gasteiger partial charge in [-0.1, -0.05) is 0 Å². The molecule has 2 aliphatic rings. The fraction of sp³-hybridized carbons (Fsp3) is 0.917. The molecule has 0 radical (unpaired) electrons. The van der Waals surface area contributed by atoms with Crippen LogP contribution in [-0.2, 0) is 0 Å². The van der Waals surface area contributed by atoms with Gasteiger partial charge >= 0.3 is 0 Å². The Morgan fingerprint density at radius 3 is 2.81 bits per heavy atom. The van der Waals surface area contributed by atoms with Crippen LogP contribution in [0, 0.1) is 5.92 Å². The van der Waals surface area contributed by atoms with Crippen molar-refractivity contribution in [3.05, 3.63) is 0 Å². The summed E-state index contributed by atoms with van der Waals surface area (Å²) in [6.45, 7) is 7.53. The molecule has 16 heavy (non-hydrogen) atoms. The first kappa shape index (κ1) is 11.7. The molecule has 1 unspecified atom stereocenters. The number of guanidine groups is 1. The summed E-state index contributed by atoms with van der Waals surface area (Å²) >= 11 is 0. The first-order valence-corrected chi connectivity index (χ1v) is 6.45. The van der Waals surface area contributed by atoms with Crippen molar-refractivity contribution in [3.63, 3.8) is 0 Å². The molecular formula is C12H24N4. The van der Waals surface area contributed by atoms with Crippen LogP contribution in [0.25, 0.3) is 0 Å². The van der Waals surface area contributed by atoms with Crippen LogP contribution in [0.2, 0.25) is 0 Å². The lowest BCUT2D eigenvalue weighted by atomic mass is 10.1. The molecule has 4 heteroatoms. The molecular weight excluding hydrogens is 200 g/mol. The number of rotatable bonds is 4. The van der Waals surface area contributed by atoms with Gasteiger partial charge in [0.15, 0.2) is 5.96 Å². The quantitative estimate of drug-likeness (QED) is 0.548. The summed E-state index contributed by atoms with van der Waals surface area (Å²) in [5.74, 6) is 1.31. The predicted octanol–water partition coefficient (Wildman–Crippen LogP) is 0.783. The minimum Gasteiger partial charge on any atom is -0.370 e. The Balaban J connectivity index is 1.69. The molecule has 4 nitrogen and oxygen atoms in total. The van der Waals surface area contributed by atoms with Crippen LogP contribution >= 0.6 is 0 Å². The highest BCUT2D eigenvalue weighted by Gasteiger charge is 2.34. The van der Waals surface area contributed by atoms with E-state index in [-0.39, 0.29) is 0 Å². The lowest BCUT2D eigenvalue weighted by Crippen LogP contribution is -2.37. The van der Waals surface area contributed by atoms with Crippen molar-refractivity contribution in [2.75, 3.05) is 19.6 Å². The van der Waals surface area contributed by atoms with E-state index < -0.39 is 0 Å². The van der Waals surface area contributed by atoms with Gasteiger partial charge in [0.2, 0.25) is 0 Å². The second-order valence-electron chi connectivity index (χ2n) is 5.41. The van der Waals surface area contributed by atoms with Crippen molar-refractivity contribution in [2.24, 2.45) is 16.6 Å². The van der Waals surface area contributed by atoms with E-state index in [1.165, 1.54) is 32.4 Å². The molecule has 0 aromatic carbocycles. The van der Waals surface area contributed by atoms with Gasteiger partial charge in [0.1, 0.15) is 0 Å². The third kappa shape index (κ3) is 3.37. The monoisotopic (exact) mass is 224 g/mol. The van der Waals surface area contributed by atoms with Crippen LogP contribution < -0.4 is 11.1 Å². The van der Waals surface area contributed by atoms with Crippen molar-refractivity contribution >= 4 is 5.96 Å². The van der Waals surface area contributed by atoms with Crippen molar-refractivity contribution in [1.29, 1.82) is 0 Å². The summed E-state index contributed by atoms with van der Waals surface area (Å²) < 4.78 is 0. The zero-order valence-electron chi connectivity index (χ0n) is 10.4. The first-order chi connectivity index (χ1) is 7.65. The van der Waals surface area contributed by atoms with E-state index in [1.807, 2.05) is 0 Å². The van der Waals surface area contributed by atoms with Crippen LogP contribution in [0.5, 0.6) is 0 Å². The van der Waals surface area contributed by atoms with Crippen molar-refractivity contribution in [2.45, 2.75) is 45.2 Å². The molecule has 2 rings (SSSR count). The van der Waals surface area contributed by atoms with E-state index >= 15 is 0 Å². The molecule has 92 valence electrons. The Morgan fingerprint density at radius 1 is 1.44 bits per heavy atom. The molecule has 0 spiro atoms. The second-order valence-corrected chi connectivity index (χ2v) is 5.41. The molecule has 0 amide bonds. The van der Waals surface area contributed by atoms with Gasteiger partial charge < -0.3 is 16.0 Å². The average Bonchev–Trinajstić information content (AvgIpc) is 2.94. The Hall–Kier alpha value is -0.770. The summed E-state index contributed by atoms with van der Waals surface area (Å²) in [6.07, 6.45) is 4.11. The Morgan fingerprint density at radius 2 is 2.19 bits per heavy atom. The standard InChI is InChI=1S/C12H24N4/c1-9(2)15-12(13)14-7-10-5-6-16(8-10)11-3-4-11/h9-11H,3-8H2,1-2H3,(H3,13,14,15). The Bertz CT molecular complexity index is 258. The molecule has 0 aromatic rings. The van der Waals surface area contributed by atoms with Gasteiger partial charge in [-0.3, -0.25) is 4.99 Å². The van der Waals surface area contributed by atoms with Gasteiger partial charge in [-0.2, -0.15) is 0 Å². The number of nitrogens with zero attached hydrogens (tertiary/aromatic N) is 2. The van der Waals surface area contributed by atoms with E-state index in [9.17, 15) is 0 Å². The van der Waals surface area contributed by atoms with Gasteiger partial charge in [0.05, 0.1) is 0 Å². The molecule has 3 N–H and O–H groups in total. The normalized spacial score (nSPS) is 27.7. The predicted molar refractivity (Wildman–Crippen MR) is 67.5 cm³/mol. The molecule has 2 fully saturated rings. The number of nitrogens with two attached hydrogens (primary N) is 1. The summed E-state index contributed by atoms with van der Waals surface area (Å²) in [5.41, 5.74) is 5.78. The van der Waals surface area contributed by atoms with Crippen molar-refractivity contribution in [1.82, 2.24) is 10.2 Å². The molecule has 1 aliphatic carbocycles. The van der Waals surface area contributed by atoms with E-state index in [0.29, 0.717) is 17.9 Å². The van der Waals surface area contributed by atoms with Gasteiger partial charge in [-0.25, -0.2) is 0 Å². The van der Waals surface area contributed by atoms with E-state index in [4.69, 9.17) is 5.73 Å². The van der Waals surface area contributed by atoms with Crippen LogP contribution in [-0.4, -0.2) is 42.6 Å². The van der Waals surface area contributed by atoms with E-state index in [0.717, 1.165) is 12.6 Å². The molecule has 1 atom stereocenters. The maximum Gasteiger partial charge on any atom is 0.188 e. The van der Waals surface area contributed by atoms with Crippen LogP contribution in [0.15, 0.2) is 4.99 Å². The van der Waals surface area contributed by atoms with Gasteiger partial charge in [-0.05, 0) is 45.6 Å². The smallest absolute Gasteiger partial charge is 0.188 e. The molecule has 1 saturated carbocycles. The maximum absolute atomic E-state index is 5.78. The summed E-state index contributed by atoms with van der Waals surface area (Å²) in [4.78, 5) is 7.03. The van der Waals surface area contributed by atoms with Crippen molar-refractivity contribution in [3.8, 4) is 0 Å². The summed E-state index contributed by atoms with van der Waals surface area (Å²) in [7, 11) is 0. The molecule has 1 aliphatic heterocycles. The number of aliphatic imine (C=N–C) groups is 1. The van der Waals surface area contributed by atoms with Crippen LogP contribution in [0.4, 0.5) is 0 Å². The number of hydrogen-bond acceptors (Lipinski definition) is 2. The number of nitrogens with one attached hydrogen (secondary N) is 1. The summed E-state index contributed by atoms with van der Waals surface area (Å²) in [6, 6.07) is 1.27. The second kappa shape index (κ2) is 5.04. The van der Waals surface area contributed by atoms with Crippen LogP contribution in [0.1, 0.15) is 33.1 Å². The molecule has 0 aromatic heterocycles. The average molecular weight is 224 g/mol. The number of hydrogen-bond donors (Lipinski definition) is 2. The fourth-order valence-corrected chi connectivity index (χ4v) is 2.35. The minimum atomic E-state index is 0.371. The zero-order valence-corrected chi connectivity index (χ0v) is 10.4. The zero-order chi connectivity index (χ0) is 11.5. The highest BCUT2D eigenvalue weighted by Crippen LogP contribution is 2.31. The lowest BCUT2D eigenvalue weighted by Gasteiger charge is -2.14. The SMILES string of the molecule is CC(C)NC(N)=NCC1CCN(C2CC2)C1. The van der Waals surface area contributed by atoms with E-state index in [2.05, 4.69) is 29.1 Å². The van der Waals surface area contributed by atoms with Gasteiger partial charge in [-0.15, -0.1) is 0 Å². The minimum absolute atomic E-state index is 0.371. The number of likely N-dealkylation sites (tertiary alicyclic amines) is 1. The van der Waals surface area contributed by atoms with E-state index in [1.54, 1.807) is 0 Å². The Labute approximate surface area is 98.3 Å². The van der Waals surface area contributed by atoms with Crippen molar-refractivity contribution < 1.29 is 0 Å². The first-order valence-electron chi connectivity index (χ1n) is 6.45. The van der Waals surface area contributed by atoms with Gasteiger partial charge in [0.25, 0.3) is 0 Å². The van der Waals surface area contributed by atoms with Gasteiger partial charge in [0, 0.05) is 25.2 Å². The third-order valence-corrected chi connectivity index (χ3v) is 3.34. The topological polar surface area (TPSA) is 53.6 Å². The lowest BCUT2D eigenvalue weighted by molar-refractivity contribution is 0.315. The summed E-state index contributed by atoms with van der Waals surface area (Å²) in [5, 5.41) is 3.13. The Kier molecular flexibility index (Phi) is 3.69.